The number of rotatable bonds is 1. The van der Waals surface area contributed by atoms with E-state index in [0.717, 1.165) is 22.8 Å². The largest absolute Gasteiger partial charge is 0.504 e. The Bertz CT molecular complexity index is 592. The quantitative estimate of drug-likeness (QED) is 0.740. The molecule has 0 radical (unpaired) electrons. The monoisotopic (exact) mass is 244 g/mol. The molecule has 96 valence electrons. The van der Waals surface area contributed by atoms with Crippen molar-refractivity contribution in [3.63, 3.8) is 0 Å². The number of phenols is 2. The highest BCUT2D eigenvalue weighted by Gasteiger charge is 2.14. The Morgan fingerprint density at radius 1 is 1.00 bits per heavy atom. The lowest BCUT2D eigenvalue weighted by Gasteiger charge is -2.18. The Morgan fingerprint density at radius 2 is 1.67 bits per heavy atom. The molecule has 2 aromatic carbocycles. The van der Waals surface area contributed by atoms with Gasteiger partial charge in [-0.1, -0.05) is 32.9 Å². The molecule has 0 aliphatic carbocycles. The molecule has 0 bridgehead atoms. The lowest BCUT2D eigenvalue weighted by Crippen LogP contribution is -2.08. The predicted octanol–water partition coefficient (Wildman–Crippen LogP) is 4.15. The molecule has 0 saturated carbocycles. The van der Waals surface area contributed by atoms with Crippen LogP contribution in [-0.4, -0.2) is 10.2 Å². The third-order valence-corrected chi connectivity index (χ3v) is 3.09. The zero-order valence-corrected chi connectivity index (χ0v) is 11.4. The predicted molar refractivity (Wildman–Crippen MR) is 75.2 cm³/mol. The third kappa shape index (κ3) is 2.42. The van der Waals surface area contributed by atoms with E-state index in [1.54, 1.807) is 6.07 Å². The number of phenolic OH excluding ortho intramolecular Hbond substituents is 2. The molecular weight excluding hydrogens is 224 g/mol. The summed E-state index contributed by atoms with van der Waals surface area (Å²) in [6, 6.07) is 7.69. The first-order chi connectivity index (χ1) is 8.28. The maximum absolute atomic E-state index is 9.96. The molecule has 2 heteroatoms. The van der Waals surface area contributed by atoms with Crippen molar-refractivity contribution in [2.75, 3.05) is 0 Å². The molecular formula is C16H20O2. The molecule has 0 fully saturated rings. The maximum atomic E-state index is 9.96. The normalized spacial score (nSPS) is 12.0. The van der Waals surface area contributed by atoms with Gasteiger partial charge in [0.2, 0.25) is 0 Å². The standard InChI is InChI=1S/C16H20O2/c1-10-7-14(17)15(18)13-8-11(5-6-12(10)13)9-16(2,3)4/h5-8,17-18H,9H2,1-4H3. The molecule has 0 amide bonds. The topological polar surface area (TPSA) is 40.5 Å². The number of hydrogen-bond donors (Lipinski definition) is 2. The van der Waals surface area contributed by atoms with Gasteiger partial charge in [0.05, 0.1) is 0 Å². The van der Waals surface area contributed by atoms with Gasteiger partial charge < -0.3 is 10.2 Å². The van der Waals surface area contributed by atoms with Crippen molar-refractivity contribution in [1.29, 1.82) is 0 Å². The fourth-order valence-corrected chi connectivity index (χ4v) is 2.34. The summed E-state index contributed by atoms with van der Waals surface area (Å²) in [4.78, 5) is 0. The molecule has 0 aromatic heterocycles. The Morgan fingerprint density at radius 3 is 2.28 bits per heavy atom. The molecule has 18 heavy (non-hydrogen) atoms. The van der Waals surface area contributed by atoms with Crippen molar-refractivity contribution in [1.82, 2.24) is 0 Å². The smallest absolute Gasteiger partial charge is 0.165 e. The van der Waals surface area contributed by atoms with Gasteiger partial charge in [0.25, 0.3) is 0 Å². The van der Waals surface area contributed by atoms with E-state index in [-0.39, 0.29) is 16.9 Å². The molecule has 2 rings (SSSR count). The van der Waals surface area contributed by atoms with Crippen molar-refractivity contribution >= 4 is 10.8 Å². The lowest BCUT2D eigenvalue weighted by atomic mass is 9.87. The summed E-state index contributed by atoms with van der Waals surface area (Å²) in [7, 11) is 0. The van der Waals surface area contributed by atoms with Gasteiger partial charge >= 0.3 is 0 Å². The molecule has 2 nitrogen and oxygen atoms in total. The zero-order valence-electron chi connectivity index (χ0n) is 11.4. The van der Waals surface area contributed by atoms with Gasteiger partial charge in [-0.05, 0) is 47.4 Å². The third-order valence-electron chi connectivity index (χ3n) is 3.09. The van der Waals surface area contributed by atoms with Gasteiger partial charge in [0.1, 0.15) is 0 Å². The second-order valence-electron chi connectivity index (χ2n) is 6.18. The SMILES string of the molecule is Cc1cc(O)c(O)c2cc(CC(C)(C)C)ccc12. The highest BCUT2D eigenvalue weighted by atomic mass is 16.3. The lowest BCUT2D eigenvalue weighted by molar-refractivity contribution is 0.406. The van der Waals surface area contributed by atoms with Crippen LogP contribution in [0.25, 0.3) is 10.8 Å². The van der Waals surface area contributed by atoms with E-state index in [4.69, 9.17) is 0 Å². The Hall–Kier alpha value is -1.70. The van der Waals surface area contributed by atoms with E-state index in [0.29, 0.717) is 0 Å². The number of fused-ring (bicyclic) bond motifs is 1. The molecule has 2 N–H and O–H groups in total. The molecule has 0 spiro atoms. The molecule has 0 atom stereocenters. The van der Waals surface area contributed by atoms with Crippen LogP contribution in [0, 0.1) is 12.3 Å². The summed E-state index contributed by atoms with van der Waals surface area (Å²) in [5.41, 5.74) is 2.35. The zero-order chi connectivity index (χ0) is 13.5. The number of aryl methyl sites for hydroxylation is 1. The summed E-state index contributed by atoms with van der Waals surface area (Å²) >= 11 is 0. The van der Waals surface area contributed by atoms with Crippen molar-refractivity contribution in [3.05, 3.63) is 35.4 Å². The maximum Gasteiger partial charge on any atom is 0.165 e. The first-order valence-corrected chi connectivity index (χ1v) is 6.22. The molecule has 0 unspecified atom stereocenters. The van der Waals surface area contributed by atoms with Crippen LogP contribution in [0.2, 0.25) is 0 Å². The molecule has 0 heterocycles. The number of hydrogen-bond acceptors (Lipinski definition) is 2. The van der Waals surface area contributed by atoms with Crippen LogP contribution in [0.3, 0.4) is 0 Å². The first kappa shape index (κ1) is 12.7. The van der Waals surface area contributed by atoms with E-state index >= 15 is 0 Å². The number of aromatic hydroxyl groups is 2. The fourth-order valence-electron chi connectivity index (χ4n) is 2.34. The molecule has 2 aromatic rings. The van der Waals surface area contributed by atoms with E-state index in [1.165, 1.54) is 5.56 Å². The fraction of sp³-hybridized carbons (Fsp3) is 0.375. The minimum absolute atomic E-state index is 0.0219. The van der Waals surface area contributed by atoms with E-state index < -0.39 is 0 Å². The van der Waals surface area contributed by atoms with Crippen LogP contribution in [-0.2, 0) is 6.42 Å². The van der Waals surface area contributed by atoms with Crippen LogP contribution in [0.5, 0.6) is 11.5 Å². The van der Waals surface area contributed by atoms with E-state index in [2.05, 4.69) is 26.8 Å². The minimum Gasteiger partial charge on any atom is -0.504 e. The summed E-state index contributed by atoms with van der Waals surface area (Å²) in [6.45, 7) is 8.49. The van der Waals surface area contributed by atoms with Crippen LogP contribution in [0.1, 0.15) is 31.9 Å². The van der Waals surface area contributed by atoms with Gasteiger partial charge in [0, 0.05) is 5.39 Å². The van der Waals surface area contributed by atoms with Gasteiger partial charge in [-0.25, -0.2) is 0 Å². The molecule has 0 saturated heterocycles. The van der Waals surface area contributed by atoms with Gasteiger partial charge in [-0.3, -0.25) is 0 Å². The average molecular weight is 244 g/mol. The van der Waals surface area contributed by atoms with E-state index in [9.17, 15) is 10.2 Å². The first-order valence-electron chi connectivity index (χ1n) is 6.22. The Balaban J connectivity index is 2.60. The average Bonchev–Trinajstić information content (AvgIpc) is 2.23. The highest BCUT2D eigenvalue weighted by molar-refractivity contribution is 5.93. The van der Waals surface area contributed by atoms with E-state index in [1.807, 2.05) is 19.1 Å². The van der Waals surface area contributed by atoms with Crippen molar-refractivity contribution in [3.8, 4) is 11.5 Å². The second kappa shape index (κ2) is 4.20. The van der Waals surface area contributed by atoms with Crippen LogP contribution in [0.4, 0.5) is 0 Å². The summed E-state index contributed by atoms with van der Waals surface area (Å²) in [5, 5.41) is 21.3. The van der Waals surface area contributed by atoms with Crippen molar-refractivity contribution < 1.29 is 10.2 Å². The highest BCUT2D eigenvalue weighted by Crippen LogP contribution is 2.37. The second-order valence-corrected chi connectivity index (χ2v) is 6.18. The Kier molecular flexibility index (Phi) is 2.97. The van der Waals surface area contributed by atoms with Crippen LogP contribution >= 0.6 is 0 Å². The van der Waals surface area contributed by atoms with Crippen molar-refractivity contribution in [2.45, 2.75) is 34.1 Å². The Labute approximate surface area is 108 Å². The van der Waals surface area contributed by atoms with Gasteiger partial charge in [-0.15, -0.1) is 0 Å². The van der Waals surface area contributed by atoms with Gasteiger partial charge in [-0.2, -0.15) is 0 Å². The van der Waals surface area contributed by atoms with Crippen LogP contribution in [0.15, 0.2) is 24.3 Å². The van der Waals surface area contributed by atoms with Gasteiger partial charge in [0.15, 0.2) is 11.5 Å². The summed E-state index contributed by atoms with van der Waals surface area (Å²) < 4.78 is 0. The summed E-state index contributed by atoms with van der Waals surface area (Å²) in [5.74, 6) is -0.0701. The molecule has 0 aliphatic rings. The van der Waals surface area contributed by atoms with Crippen LogP contribution < -0.4 is 0 Å². The van der Waals surface area contributed by atoms with Crippen molar-refractivity contribution in [2.24, 2.45) is 5.41 Å². The molecule has 0 aliphatic heterocycles. The summed E-state index contributed by atoms with van der Waals surface area (Å²) in [6.07, 6.45) is 0.942. The minimum atomic E-state index is -0.0482. The number of benzene rings is 2.